The molecule has 6 heteroatoms. The first-order valence-electron chi connectivity index (χ1n) is 8.28. The standard InChI is InChI=1S/C19H21BrF2N2O/c20-14-3-1-2-13(9-14)19(4-5-19)24-11-18(25)17(23)8-12-6-15(21)10-16(22)7-12/h1-3,6-7,9-10,17-18,24-25H,4-5,8,11,23H2. The predicted molar refractivity (Wildman–Crippen MR) is 97.1 cm³/mol. The van der Waals surface area contributed by atoms with Crippen molar-refractivity contribution in [1.82, 2.24) is 5.32 Å². The molecule has 0 aromatic heterocycles. The Bertz CT molecular complexity index is 732. The Kier molecular flexibility index (Phi) is 5.53. The Morgan fingerprint density at radius 3 is 2.44 bits per heavy atom. The summed E-state index contributed by atoms with van der Waals surface area (Å²) in [4.78, 5) is 0. The molecule has 134 valence electrons. The molecule has 0 amide bonds. The average molecular weight is 411 g/mol. The number of benzene rings is 2. The molecule has 3 nitrogen and oxygen atoms in total. The average Bonchev–Trinajstić information content (AvgIpc) is 3.33. The highest BCUT2D eigenvalue weighted by Crippen LogP contribution is 2.45. The van der Waals surface area contributed by atoms with Crippen LogP contribution in [0.25, 0.3) is 0 Å². The number of aliphatic hydroxyl groups is 1. The molecule has 1 fully saturated rings. The molecule has 2 aromatic rings. The number of nitrogens with one attached hydrogen (secondary N) is 1. The molecule has 0 bridgehead atoms. The summed E-state index contributed by atoms with van der Waals surface area (Å²) in [6, 6.07) is 10.8. The van der Waals surface area contributed by atoms with E-state index in [0.717, 1.165) is 23.4 Å². The van der Waals surface area contributed by atoms with Crippen LogP contribution >= 0.6 is 15.9 Å². The second-order valence-electron chi connectivity index (χ2n) is 6.69. The molecule has 0 aliphatic heterocycles. The van der Waals surface area contributed by atoms with Crippen molar-refractivity contribution < 1.29 is 13.9 Å². The topological polar surface area (TPSA) is 58.3 Å². The van der Waals surface area contributed by atoms with Gasteiger partial charge in [0.15, 0.2) is 0 Å². The number of hydrogen-bond acceptors (Lipinski definition) is 3. The minimum absolute atomic E-state index is 0.116. The van der Waals surface area contributed by atoms with E-state index in [4.69, 9.17) is 5.73 Å². The van der Waals surface area contributed by atoms with Crippen LogP contribution in [0, 0.1) is 11.6 Å². The molecule has 2 unspecified atom stereocenters. The second kappa shape index (κ2) is 7.50. The van der Waals surface area contributed by atoms with Crippen molar-refractivity contribution in [3.63, 3.8) is 0 Å². The zero-order valence-corrected chi connectivity index (χ0v) is 15.3. The fourth-order valence-corrected chi connectivity index (χ4v) is 3.47. The fourth-order valence-electron chi connectivity index (χ4n) is 3.07. The van der Waals surface area contributed by atoms with Gasteiger partial charge in [-0.15, -0.1) is 0 Å². The Hall–Kier alpha value is -1.34. The number of halogens is 3. The number of hydrogen-bond donors (Lipinski definition) is 3. The Balaban J connectivity index is 1.57. The SMILES string of the molecule is NC(Cc1cc(F)cc(F)c1)C(O)CNC1(c2cccc(Br)c2)CC1. The molecule has 1 aliphatic carbocycles. The van der Waals surface area contributed by atoms with Crippen molar-refractivity contribution in [2.75, 3.05) is 6.54 Å². The third kappa shape index (κ3) is 4.64. The van der Waals surface area contributed by atoms with Crippen LogP contribution in [-0.2, 0) is 12.0 Å². The summed E-state index contributed by atoms with van der Waals surface area (Å²) in [5.74, 6) is -1.28. The summed E-state index contributed by atoms with van der Waals surface area (Å²) in [6.45, 7) is 0.325. The highest BCUT2D eigenvalue weighted by Gasteiger charge is 2.44. The lowest BCUT2D eigenvalue weighted by molar-refractivity contribution is 0.136. The van der Waals surface area contributed by atoms with E-state index < -0.39 is 23.8 Å². The van der Waals surface area contributed by atoms with Gasteiger partial charge < -0.3 is 16.2 Å². The summed E-state index contributed by atoms with van der Waals surface area (Å²) in [7, 11) is 0. The van der Waals surface area contributed by atoms with Crippen LogP contribution in [-0.4, -0.2) is 23.8 Å². The molecule has 2 aromatic carbocycles. The minimum atomic E-state index is -0.809. The van der Waals surface area contributed by atoms with Crippen molar-refractivity contribution in [3.05, 3.63) is 69.7 Å². The Morgan fingerprint density at radius 2 is 1.84 bits per heavy atom. The van der Waals surface area contributed by atoms with Gasteiger partial charge in [0.1, 0.15) is 11.6 Å². The molecule has 1 saturated carbocycles. The number of nitrogens with two attached hydrogens (primary N) is 1. The molecule has 0 radical (unpaired) electrons. The molecule has 0 heterocycles. The van der Waals surface area contributed by atoms with Crippen molar-refractivity contribution in [2.24, 2.45) is 5.73 Å². The van der Waals surface area contributed by atoms with Gasteiger partial charge in [-0.3, -0.25) is 0 Å². The van der Waals surface area contributed by atoms with Crippen LogP contribution in [0.1, 0.15) is 24.0 Å². The normalized spacial score (nSPS) is 18.0. The van der Waals surface area contributed by atoms with E-state index in [-0.39, 0.29) is 12.0 Å². The molecular weight excluding hydrogens is 390 g/mol. The first-order valence-corrected chi connectivity index (χ1v) is 9.07. The zero-order chi connectivity index (χ0) is 18.0. The summed E-state index contributed by atoms with van der Waals surface area (Å²) in [5.41, 5.74) is 7.52. The molecule has 1 aliphatic rings. The van der Waals surface area contributed by atoms with Gasteiger partial charge in [-0.05, 0) is 54.7 Å². The van der Waals surface area contributed by atoms with Crippen molar-refractivity contribution in [3.8, 4) is 0 Å². The maximum absolute atomic E-state index is 13.3. The Labute approximate surface area is 154 Å². The smallest absolute Gasteiger partial charge is 0.126 e. The van der Waals surface area contributed by atoms with Crippen LogP contribution in [0.15, 0.2) is 46.9 Å². The van der Waals surface area contributed by atoms with E-state index in [1.807, 2.05) is 12.1 Å². The lowest BCUT2D eigenvalue weighted by Gasteiger charge is -2.24. The zero-order valence-electron chi connectivity index (χ0n) is 13.7. The van der Waals surface area contributed by atoms with Crippen LogP contribution in [0.2, 0.25) is 0 Å². The highest BCUT2D eigenvalue weighted by atomic mass is 79.9. The van der Waals surface area contributed by atoms with Gasteiger partial charge in [-0.2, -0.15) is 0 Å². The summed E-state index contributed by atoms with van der Waals surface area (Å²) in [6.07, 6.45) is 1.40. The van der Waals surface area contributed by atoms with Gasteiger partial charge in [-0.25, -0.2) is 8.78 Å². The number of rotatable bonds is 7. The number of aliphatic hydroxyl groups excluding tert-OH is 1. The molecule has 0 spiro atoms. The van der Waals surface area contributed by atoms with Gasteiger partial charge in [0.25, 0.3) is 0 Å². The van der Waals surface area contributed by atoms with E-state index >= 15 is 0 Å². The van der Waals surface area contributed by atoms with Crippen LogP contribution < -0.4 is 11.1 Å². The third-order valence-electron chi connectivity index (χ3n) is 4.66. The van der Waals surface area contributed by atoms with Gasteiger partial charge in [0.2, 0.25) is 0 Å². The van der Waals surface area contributed by atoms with Crippen LogP contribution in [0.5, 0.6) is 0 Å². The van der Waals surface area contributed by atoms with E-state index in [9.17, 15) is 13.9 Å². The molecule has 3 rings (SSSR count). The largest absolute Gasteiger partial charge is 0.390 e. The fraction of sp³-hybridized carbons (Fsp3) is 0.368. The molecule has 4 N–H and O–H groups in total. The second-order valence-corrected chi connectivity index (χ2v) is 7.60. The van der Waals surface area contributed by atoms with Gasteiger partial charge in [0, 0.05) is 28.7 Å². The monoisotopic (exact) mass is 410 g/mol. The lowest BCUT2D eigenvalue weighted by atomic mass is 10.0. The first kappa shape index (κ1) is 18.5. The van der Waals surface area contributed by atoms with Crippen molar-refractivity contribution >= 4 is 15.9 Å². The first-order chi connectivity index (χ1) is 11.9. The van der Waals surface area contributed by atoms with Gasteiger partial charge in [0.05, 0.1) is 6.10 Å². The minimum Gasteiger partial charge on any atom is -0.390 e. The molecule has 2 atom stereocenters. The summed E-state index contributed by atoms with van der Waals surface area (Å²) >= 11 is 3.48. The van der Waals surface area contributed by atoms with Crippen LogP contribution in [0.4, 0.5) is 8.78 Å². The van der Waals surface area contributed by atoms with Crippen molar-refractivity contribution in [2.45, 2.75) is 36.9 Å². The third-order valence-corrected chi connectivity index (χ3v) is 5.16. The predicted octanol–water partition coefficient (Wildman–Crippen LogP) is 3.24. The maximum Gasteiger partial charge on any atom is 0.126 e. The summed E-state index contributed by atoms with van der Waals surface area (Å²) < 4.78 is 27.5. The molecular formula is C19H21BrF2N2O. The van der Waals surface area contributed by atoms with Gasteiger partial charge >= 0.3 is 0 Å². The summed E-state index contributed by atoms with van der Waals surface area (Å²) in [5, 5.41) is 13.7. The molecule has 0 saturated heterocycles. The van der Waals surface area contributed by atoms with E-state index in [1.54, 1.807) is 0 Å². The molecule has 25 heavy (non-hydrogen) atoms. The van der Waals surface area contributed by atoms with E-state index in [0.29, 0.717) is 12.1 Å². The van der Waals surface area contributed by atoms with Crippen LogP contribution in [0.3, 0.4) is 0 Å². The quantitative estimate of drug-likeness (QED) is 0.656. The Morgan fingerprint density at radius 1 is 1.16 bits per heavy atom. The maximum atomic E-state index is 13.3. The lowest BCUT2D eigenvalue weighted by Crippen LogP contribution is -2.45. The van der Waals surface area contributed by atoms with Gasteiger partial charge in [-0.1, -0.05) is 28.1 Å². The van der Waals surface area contributed by atoms with Crippen molar-refractivity contribution in [1.29, 1.82) is 0 Å². The van der Waals surface area contributed by atoms with E-state index in [2.05, 4.69) is 33.4 Å². The highest BCUT2D eigenvalue weighted by molar-refractivity contribution is 9.10. The van der Waals surface area contributed by atoms with E-state index in [1.165, 1.54) is 17.7 Å².